The third kappa shape index (κ3) is 11.9. The molecule has 2 aliphatic rings. The highest BCUT2D eigenvalue weighted by Gasteiger charge is 2.53. The van der Waals surface area contributed by atoms with Crippen LogP contribution >= 0.6 is 23.5 Å². The molecule has 6 N–H and O–H groups in total. The summed E-state index contributed by atoms with van der Waals surface area (Å²) >= 11 is 3.39. The number of hydrogen-bond donors (Lipinski definition) is 5. The average molecular weight is 749 g/mol. The normalized spacial score (nSPS) is 18.6. The fourth-order valence-electron chi connectivity index (χ4n) is 5.75. The van der Waals surface area contributed by atoms with Gasteiger partial charge in [-0.1, -0.05) is 78.3 Å². The van der Waals surface area contributed by atoms with Gasteiger partial charge >= 0.3 is 6.09 Å². The summed E-state index contributed by atoms with van der Waals surface area (Å²) in [5.41, 5.74) is 5.18. The topological polar surface area (TPSA) is 206 Å². The summed E-state index contributed by atoms with van der Waals surface area (Å²) in [6, 6.07) is 3.97. The van der Waals surface area contributed by atoms with E-state index in [2.05, 4.69) is 21.3 Å². The second-order valence-electron chi connectivity index (χ2n) is 14.3. The first-order valence-electron chi connectivity index (χ1n) is 17.3. The Bertz CT molecular complexity index is 1430. The number of alkyl carbamates (subject to hydrolysis) is 1. The van der Waals surface area contributed by atoms with Crippen molar-refractivity contribution in [1.29, 1.82) is 0 Å². The van der Waals surface area contributed by atoms with Crippen molar-refractivity contribution in [3.05, 3.63) is 35.9 Å². The van der Waals surface area contributed by atoms with Crippen LogP contribution in [0.1, 0.15) is 78.8 Å². The molecule has 282 valence electrons. The van der Waals surface area contributed by atoms with Crippen molar-refractivity contribution in [3.63, 3.8) is 0 Å². The summed E-state index contributed by atoms with van der Waals surface area (Å²) in [5, 5.41) is 10.2. The zero-order valence-electron chi connectivity index (χ0n) is 30.2. The predicted molar refractivity (Wildman–Crippen MR) is 196 cm³/mol. The Morgan fingerprint density at radius 1 is 1.00 bits per heavy atom. The van der Waals surface area contributed by atoms with Gasteiger partial charge in [-0.2, -0.15) is 0 Å². The monoisotopic (exact) mass is 748 g/mol. The predicted octanol–water partition coefficient (Wildman–Crippen LogP) is 2.26. The summed E-state index contributed by atoms with van der Waals surface area (Å²) in [6.45, 7) is 10.8. The first-order valence-corrected chi connectivity index (χ1v) is 19.2. The molecule has 1 aromatic carbocycles. The largest absolute Gasteiger partial charge is 0.449 e. The fourth-order valence-corrected chi connectivity index (χ4v) is 9.10. The first kappa shape index (κ1) is 41.6. The molecule has 0 radical (unpaired) electrons. The second kappa shape index (κ2) is 18.6. The average Bonchev–Trinajstić information content (AvgIpc) is 3.45. The number of nitrogens with one attached hydrogen (secondary N) is 4. The van der Waals surface area contributed by atoms with Gasteiger partial charge in [0.25, 0.3) is 5.91 Å². The smallest absolute Gasteiger partial charge is 0.407 e. The van der Waals surface area contributed by atoms with Crippen LogP contribution in [0.2, 0.25) is 0 Å². The number of carbonyl (C=O) groups is 7. The first-order chi connectivity index (χ1) is 24.0. The molecular weight excluding hydrogens is 697 g/mol. The van der Waals surface area contributed by atoms with Gasteiger partial charge in [-0.15, -0.1) is 23.5 Å². The molecule has 1 aromatic rings. The molecule has 0 bridgehead atoms. The number of Topliss-reactive ketones (excluding diaryl/α,β-unsaturated/α-hetero) is 1. The van der Waals surface area contributed by atoms with Crippen molar-refractivity contribution in [3.8, 4) is 0 Å². The van der Waals surface area contributed by atoms with Crippen LogP contribution in [0, 0.1) is 11.3 Å². The van der Waals surface area contributed by atoms with Gasteiger partial charge in [-0.25, -0.2) is 4.79 Å². The summed E-state index contributed by atoms with van der Waals surface area (Å²) in [4.78, 5) is 93.4. The molecule has 51 heavy (non-hydrogen) atoms. The van der Waals surface area contributed by atoms with Gasteiger partial charge in [-0.3, -0.25) is 28.8 Å². The van der Waals surface area contributed by atoms with Crippen molar-refractivity contribution in [2.75, 3.05) is 31.2 Å². The van der Waals surface area contributed by atoms with E-state index in [1.54, 1.807) is 60.8 Å². The number of primary amides is 1. The fraction of sp³-hybridized carbons (Fsp3) is 0.629. The third-order valence-electron chi connectivity index (χ3n) is 8.39. The van der Waals surface area contributed by atoms with E-state index >= 15 is 0 Å². The maximum Gasteiger partial charge on any atom is 0.407 e. The second-order valence-corrected chi connectivity index (χ2v) is 17.5. The van der Waals surface area contributed by atoms with Gasteiger partial charge in [0.1, 0.15) is 18.1 Å². The number of carbonyl (C=O) groups excluding carboxylic acids is 7. The molecule has 2 unspecified atom stereocenters. The Labute approximate surface area is 308 Å². The van der Waals surface area contributed by atoms with E-state index in [1.807, 2.05) is 34.6 Å². The highest BCUT2D eigenvalue weighted by molar-refractivity contribution is 8.18. The lowest BCUT2D eigenvalue weighted by atomic mass is 9.85. The molecule has 3 rings (SSSR count). The number of likely N-dealkylation sites (tertiary alicyclic amines) is 1. The SMILES string of the molecule is CCCC(NC(=O)[C@@H]1CC2(CN1C(=O)[C@@H](NC(=O)OCC(C)C)C(C)(C)C)SCCCS2)C(=O)C(=O)NCC(=O)NC(C(N)=O)c1ccccc1. The van der Waals surface area contributed by atoms with Crippen molar-refractivity contribution in [1.82, 2.24) is 26.2 Å². The van der Waals surface area contributed by atoms with Gasteiger partial charge in [0, 0.05) is 13.0 Å². The number of thioether (sulfide) groups is 2. The molecule has 1 spiro atoms. The van der Waals surface area contributed by atoms with E-state index in [0.717, 1.165) is 17.9 Å². The molecule has 0 saturated carbocycles. The number of ketones is 1. The van der Waals surface area contributed by atoms with Crippen LogP contribution in [-0.2, 0) is 33.5 Å². The molecule has 0 aromatic heterocycles. The number of ether oxygens (including phenoxy) is 1. The van der Waals surface area contributed by atoms with Gasteiger partial charge in [-0.05, 0) is 41.2 Å². The van der Waals surface area contributed by atoms with Gasteiger partial charge in [0.05, 0.1) is 23.3 Å². The molecule has 4 atom stereocenters. The van der Waals surface area contributed by atoms with Crippen molar-refractivity contribution in [2.45, 2.75) is 95.5 Å². The number of nitrogens with zero attached hydrogens (tertiary/aromatic N) is 1. The van der Waals surface area contributed by atoms with E-state index in [4.69, 9.17) is 10.5 Å². The van der Waals surface area contributed by atoms with E-state index in [0.29, 0.717) is 18.4 Å². The lowest BCUT2D eigenvalue weighted by Gasteiger charge is -2.36. The lowest BCUT2D eigenvalue weighted by molar-refractivity contribution is -0.144. The van der Waals surface area contributed by atoms with Crippen LogP contribution in [0.3, 0.4) is 0 Å². The van der Waals surface area contributed by atoms with E-state index in [-0.39, 0.29) is 25.5 Å². The Morgan fingerprint density at radius 3 is 2.22 bits per heavy atom. The van der Waals surface area contributed by atoms with Crippen molar-refractivity contribution >= 4 is 64.9 Å². The zero-order valence-corrected chi connectivity index (χ0v) is 31.9. The molecule has 2 fully saturated rings. The van der Waals surface area contributed by atoms with Crippen LogP contribution in [0.5, 0.6) is 0 Å². The molecule has 0 aliphatic carbocycles. The summed E-state index contributed by atoms with van der Waals surface area (Å²) < 4.78 is 4.86. The molecule has 2 heterocycles. The standard InChI is InChI=1S/C35H52N6O8S2/c1-7-12-23(27(43)31(46)37-18-25(42)39-26(29(36)44)22-13-9-8-10-14-22)38-30(45)24-17-35(50-15-11-16-51-35)20-41(24)32(47)28(34(4,5)6)40-33(48)49-19-21(2)3/h8-10,13-14,21,23-24,26,28H,7,11-12,15-20H2,1-6H3,(H2,36,44)(H,37,46)(H,38,45)(H,39,42)(H,40,48)/t23?,24-,26?,28+/m0/s1. The quantitative estimate of drug-likeness (QED) is 0.166. The van der Waals surface area contributed by atoms with E-state index in [9.17, 15) is 33.6 Å². The van der Waals surface area contributed by atoms with Gasteiger partial charge in [0.15, 0.2) is 0 Å². The highest BCUT2D eigenvalue weighted by atomic mass is 32.2. The number of rotatable bonds is 15. The minimum atomic E-state index is -1.23. The zero-order chi connectivity index (χ0) is 37.9. The third-order valence-corrected chi connectivity index (χ3v) is 11.7. The lowest BCUT2D eigenvalue weighted by Crippen LogP contribution is -2.59. The van der Waals surface area contributed by atoms with Gasteiger partial charge in [0.2, 0.25) is 29.4 Å². The Kier molecular flexibility index (Phi) is 15.2. The number of amides is 6. The summed E-state index contributed by atoms with van der Waals surface area (Å²) in [6.07, 6.45) is 1.15. The Morgan fingerprint density at radius 2 is 1.65 bits per heavy atom. The number of hydrogen-bond acceptors (Lipinski definition) is 10. The van der Waals surface area contributed by atoms with Crippen LogP contribution in [0.25, 0.3) is 0 Å². The molecule has 14 nitrogen and oxygen atoms in total. The minimum Gasteiger partial charge on any atom is -0.449 e. The summed E-state index contributed by atoms with van der Waals surface area (Å²) in [5.74, 6) is -2.81. The molecular formula is C35H52N6O8S2. The highest BCUT2D eigenvalue weighted by Crippen LogP contribution is 2.50. The van der Waals surface area contributed by atoms with E-state index < -0.39 is 81.6 Å². The van der Waals surface area contributed by atoms with Crippen LogP contribution in [-0.4, -0.2) is 99.7 Å². The van der Waals surface area contributed by atoms with Crippen LogP contribution in [0.15, 0.2) is 30.3 Å². The molecule has 2 aliphatic heterocycles. The van der Waals surface area contributed by atoms with Crippen molar-refractivity contribution < 1.29 is 38.3 Å². The maximum atomic E-state index is 14.3. The van der Waals surface area contributed by atoms with Crippen LogP contribution in [0.4, 0.5) is 4.79 Å². The molecule has 6 amide bonds. The summed E-state index contributed by atoms with van der Waals surface area (Å²) in [7, 11) is 0. The van der Waals surface area contributed by atoms with Crippen molar-refractivity contribution in [2.24, 2.45) is 17.1 Å². The van der Waals surface area contributed by atoms with E-state index in [1.165, 1.54) is 4.90 Å². The molecule has 16 heteroatoms. The number of nitrogens with two attached hydrogens (primary N) is 1. The minimum absolute atomic E-state index is 0.0956. The van der Waals surface area contributed by atoms with Crippen LogP contribution < -0.4 is 27.0 Å². The Hall–Kier alpha value is -3.79. The maximum absolute atomic E-state index is 14.3. The number of benzene rings is 1. The van der Waals surface area contributed by atoms with Gasteiger partial charge < -0.3 is 36.6 Å². The molecule has 2 saturated heterocycles. The Balaban J connectivity index is 1.75.